The van der Waals surface area contributed by atoms with Gasteiger partial charge in [-0.05, 0) is 23.8 Å². The van der Waals surface area contributed by atoms with Crippen molar-refractivity contribution in [2.45, 2.75) is 6.54 Å². The Kier molecular flexibility index (Phi) is 3.16. The molecule has 22 heavy (non-hydrogen) atoms. The molecule has 0 unspecified atom stereocenters. The highest BCUT2D eigenvalue weighted by molar-refractivity contribution is 5.92. The summed E-state index contributed by atoms with van der Waals surface area (Å²) in [4.78, 5) is 4.44. The molecule has 2 heterocycles. The van der Waals surface area contributed by atoms with E-state index in [0.29, 0.717) is 0 Å². The molecule has 0 aliphatic carbocycles. The molecule has 3 heteroatoms. The zero-order valence-electron chi connectivity index (χ0n) is 12.1. The normalized spacial score (nSPS) is 10.9. The van der Waals surface area contributed by atoms with Gasteiger partial charge in [0.15, 0.2) is 0 Å². The van der Waals surface area contributed by atoms with Gasteiger partial charge in [-0.2, -0.15) is 5.10 Å². The van der Waals surface area contributed by atoms with Crippen LogP contribution in [0, 0.1) is 0 Å². The van der Waals surface area contributed by atoms with Crippen molar-refractivity contribution in [1.29, 1.82) is 0 Å². The molecule has 4 aromatic rings. The standard InChI is InChI=1S/C19H15N3/c1-2-8-15(9-3-1)14-22-18-12-5-4-10-16(18)19(21-22)17-11-6-7-13-20-17/h1-13H,14H2. The van der Waals surface area contributed by atoms with Gasteiger partial charge in [-0.1, -0.05) is 54.6 Å². The average Bonchev–Trinajstić information content (AvgIpc) is 2.96. The Morgan fingerprint density at radius 1 is 0.773 bits per heavy atom. The van der Waals surface area contributed by atoms with Crippen molar-refractivity contribution in [3.8, 4) is 11.4 Å². The summed E-state index contributed by atoms with van der Waals surface area (Å²) in [6, 6.07) is 24.6. The highest BCUT2D eigenvalue weighted by atomic mass is 15.3. The molecule has 0 fully saturated rings. The highest BCUT2D eigenvalue weighted by Crippen LogP contribution is 2.26. The van der Waals surface area contributed by atoms with Crippen molar-refractivity contribution in [1.82, 2.24) is 14.8 Å². The van der Waals surface area contributed by atoms with Crippen LogP contribution in [-0.4, -0.2) is 14.8 Å². The number of benzene rings is 2. The van der Waals surface area contributed by atoms with Crippen LogP contribution in [0.4, 0.5) is 0 Å². The van der Waals surface area contributed by atoms with Gasteiger partial charge < -0.3 is 0 Å². The number of pyridine rings is 1. The number of para-hydroxylation sites is 1. The molecular formula is C19H15N3. The van der Waals surface area contributed by atoms with Crippen molar-refractivity contribution < 1.29 is 0 Å². The van der Waals surface area contributed by atoms with Crippen LogP contribution in [0.15, 0.2) is 79.0 Å². The van der Waals surface area contributed by atoms with E-state index >= 15 is 0 Å². The second kappa shape index (κ2) is 5.45. The Morgan fingerprint density at radius 2 is 1.55 bits per heavy atom. The van der Waals surface area contributed by atoms with E-state index in [1.165, 1.54) is 5.56 Å². The lowest BCUT2D eigenvalue weighted by Crippen LogP contribution is -2.01. The molecule has 0 spiro atoms. The monoisotopic (exact) mass is 285 g/mol. The van der Waals surface area contributed by atoms with E-state index in [4.69, 9.17) is 5.10 Å². The van der Waals surface area contributed by atoms with Crippen molar-refractivity contribution in [2.75, 3.05) is 0 Å². The van der Waals surface area contributed by atoms with Gasteiger partial charge in [-0.3, -0.25) is 9.67 Å². The summed E-state index contributed by atoms with van der Waals surface area (Å²) >= 11 is 0. The third kappa shape index (κ3) is 2.27. The van der Waals surface area contributed by atoms with Crippen molar-refractivity contribution >= 4 is 10.9 Å². The molecule has 4 rings (SSSR count). The molecule has 0 saturated heterocycles. The van der Waals surface area contributed by atoms with Gasteiger partial charge in [0.05, 0.1) is 17.8 Å². The molecule has 2 aromatic carbocycles. The number of aromatic nitrogens is 3. The Labute approximate surface area is 128 Å². The SMILES string of the molecule is c1ccc(Cn2nc(-c3ccccn3)c3ccccc32)cc1. The predicted octanol–water partition coefficient (Wildman–Crippen LogP) is 4.15. The molecule has 0 aliphatic rings. The third-order valence-electron chi connectivity index (χ3n) is 3.74. The van der Waals surface area contributed by atoms with Crippen LogP contribution >= 0.6 is 0 Å². The average molecular weight is 285 g/mol. The van der Waals surface area contributed by atoms with E-state index in [0.717, 1.165) is 28.8 Å². The largest absolute Gasteiger partial charge is 0.260 e. The molecular weight excluding hydrogens is 270 g/mol. The van der Waals surface area contributed by atoms with Crippen molar-refractivity contribution in [3.63, 3.8) is 0 Å². The van der Waals surface area contributed by atoms with Gasteiger partial charge in [0, 0.05) is 11.6 Å². The summed E-state index contributed by atoms with van der Waals surface area (Å²) < 4.78 is 2.05. The first kappa shape index (κ1) is 12.8. The van der Waals surface area contributed by atoms with E-state index in [-0.39, 0.29) is 0 Å². The minimum absolute atomic E-state index is 0.758. The van der Waals surface area contributed by atoms with Crippen LogP contribution in [0.1, 0.15) is 5.56 Å². The fourth-order valence-corrected chi connectivity index (χ4v) is 2.70. The first-order valence-corrected chi connectivity index (χ1v) is 7.33. The lowest BCUT2D eigenvalue weighted by Gasteiger charge is -2.03. The summed E-state index contributed by atoms with van der Waals surface area (Å²) in [5.41, 5.74) is 4.22. The topological polar surface area (TPSA) is 30.7 Å². The van der Waals surface area contributed by atoms with Crippen molar-refractivity contribution in [3.05, 3.63) is 84.6 Å². The number of rotatable bonds is 3. The molecule has 0 bridgehead atoms. The van der Waals surface area contributed by atoms with Crippen LogP contribution in [0.3, 0.4) is 0 Å². The molecule has 0 atom stereocenters. The van der Waals surface area contributed by atoms with Gasteiger partial charge in [0.2, 0.25) is 0 Å². The molecule has 0 N–H and O–H groups in total. The first-order chi connectivity index (χ1) is 10.9. The first-order valence-electron chi connectivity index (χ1n) is 7.33. The van der Waals surface area contributed by atoms with Crippen molar-refractivity contribution in [2.24, 2.45) is 0 Å². The highest BCUT2D eigenvalue weighted by Gasteiger charge is 2.12. The van der Waals surface area contributed by atoms with Gasteiger partial charge in [0.25, 0.3) is 0 Å². The summed E-state index contributed by atoms with van der Waals surface area (Å²) in [5.74, 6) is 0. The molecule has 0 amide bonds. The zero-order chi connectivity index (χ0) is 14.8. The minimum atomic E-state index is 0.758. The minimum Gasteiger partial charge on any atom is -0.260 e. The lowest BCUT2D eigenvalue weighted by atomic mass is 10.1. The third-order valence-corrected chi connectivity index (χ3v) is 3.74. The molecule has 2 aromatic heterocycles. The smallest absolute Gasteiger partial charge is 0.119 e. The Bertz CT molecular complexity index is 896. The van der Waals surface area contributed by atoms with Crippen LogP contribution in [-0.2, 0) is 6.54 Å². The molecule has 0 radical (unpaired) electrons. The maximum absolute atomic E-state index is 4.81. The number of hydrogen-bond acceptors (Lipinski definition) is 2. The summed E-state index contributed by atoms with van der Waals surface area (Å²) in [6.07, 6.45) is 1.81. The van der Waals surface area contributed by atoms with Crippen LogP contribution in [0.2, 0.25) is 0 Å². The Hall–Kier alpha value is -2.94. The van der Waals surface area contributed by atoms with Crippen LogP contribution in [0.25, 0.3) is 22.3 Å². The summed E-state index contributed by atoms with van der Waals surface area (Å²) in [6.45, 7) is 0.758. The molecule has 0 saturated carbocycles. The number of fused-ring (bicyclic) bond motifs is 1. The fraction of sp³-hybridized carbons (Fsp3) is 0.0526. The number of nitrogens with zero attached hydrogens (tertiary/aromatic N) is 3. The molecule has 106 valence electrons. The fourth-order valence-electron chi connectivity index (χ4n) is 2.70. The molecule has 3 nitrogen and oxygen atoms in total. The van der Waals surface area contributed by atoms with Gasteiger partial charge >= 0.3 is 0 Å². The van der Waals surface area contributed by atoms with Crippen LogP contribution in [0.5, 0.6) is 0 Å². The lowest BCUT2D eigenvalue weighted by molar-refractivity contribution is 0.714. The van der Waals surface area contributed by atoms with E-state index in [1.54, 1.807) is 6.20 Å². The maximum atomic E-state index is 4.81. The predicted molar refractivity (Wildman–Crippen MR) is 88.5 cm³/mol. The van der Waals surface area contributed by atoms with Crippen LogP contribution < -0.4 is 0 Å². The zero-order valence-corrected chi connectivity index (χ0v) is 12.1. The second-order valence-electron chi connectivity index (χ2n) is 5.22. The Morgan fingerprint density at radius 3 is 2.36 bits per heavy atom. The van der Waals surface area contributed by atoms with Gasteiger partial charge in [-0.15, -0.1) is 0 Å². The van der Waals surface area contributed by atoms with E-state index in [9.17, 15) is 0 Å². The summed E-state index contributed by atoms with van der Waals surface area (Å²) in [5, 5.41) is 5.95. The van der Waals surface area contributed by atoms with E-state index in [1.807, 2.05) is 36.4 Å². The summed E-state index contributed by atoms with van der Waals surface area (Å²) in [7, 11) is 0. The van der Waals surface area contributed by atoms with Gasteiger partial charge in [-0.25, -0.2) is 0 Å². The Balaban J connectivity index is 1.86. The quantitative estimate of drug-likeness (QED) is 0.566. The van der Waals surface area contributed by atoms with Gasteiger partial charge in [0.1, 0.15) is 5.69 Å². The van der Waals surface area contributed by atoms with E-state index in [2.05, 4.69) is 46.1 Å². The molecule has 0 aliphatic heterocycles. The van der Waals surface area contributed by atoms with E-state index < -0.39 is 0 Å². The maximum Gasteiger partial charge on any atom is 0.119 e. The number of hydrogen-bond donors (Lipinski definition) is 0. The second-order valence-corrected chi connectivity index (χ2v) is 5.22.